The monoisotopic (exact) mass is 205 g/mol. The molecular formula is C10H23NO3. The Hall–Kier alpha value is -0.160. The van der Waals surface area contributed by atoms with Gasteiger partial charge in [-0.25, -0.2) is 0 Å². The van der Waals surface area contributed by atoms with Crippen LogP contribution in [0.15, 0.2) is 0 Å². The van der Waals surface area contributed by atoms with E-state index in [1.807, 2.05) is 0 Å². The van der Waals surface area contributed by atoms with Crippen molar-refractivity contribution >= 4 is 0 Å². The first-order chi connectivity index (χ1) is 6.66. The van der Waals surface area contributed by atoms with E-state index in [0.29, 0.717) is 32.3 Å². The summed E-state index contributed by atoms with van der Waals surface area (Å²) in [7, 11) is 1.63. The summed E-state index contributed by atoms with van der Waals surface area (Å²) < 4.78 is 9.99. The van der Waals surface area contributed by atoms with Gasteiger partial charge in [-0.2, -0.15) is 0 Å². The predicted molar refractivity (Wildman–Crippen MR) is 56.4 cm³/mol. The Labute approximate surface area is 86.6 Å². The fourth-order valence-electron chi connectivity index (χ4n) is 0.959. The highest BCUT2D eigenvalue weighted by Gasteiger charge is 2.03. The van der Waals surface area contributed by atoms with Crippen LogP contribution in [0.1, 0.15) is 13.8 Å². The van der Waals surface area contributed by atoms with Crippen LogP contribution in [0.3, 0.4) is 0 Å². The minimum absolute atomic E-state index is 0.369. The largest absolute Gasteiger partial charge is 0.389 e. The van der Waals surface area contributed by atoms with Gasteiger partial charge in [0.25, 0.3) is 0 Å². The van der Waals surface area contributed by atoms with Crippen LogP contribution in [0.2, 0.25) is 0 Å². The van der Waals surface area contributed by atoms with Crippen LogP contribution in [0.4, 0.5) is 0 Å². The van der Waals surface area contributed by atoms with Gasteiger partial charge >= 0.3 is 0 Å². The number of rotatable bonds is 9. The molecule has 0 aromatic carbocycles. The first-order valence-electron chi connectivity index (χ1n) is 5.12. The molecule has 0 amide bonds. The van der Waals surface area contributed by atoms with Crippen LogP contribution in [-0.2, 0) is 9.47 Å². The zero-order valence-electron chi connectivity index (χ0n) is 9.45. The average Bonchev–Trinajstić information content (AvgIpc) is 2.12. The van der Waals surface area contributed by atoms with Crippen molar-refractivity contribution in [3.05, 3.63) is 0 Å². The maximum absolute atomic E-state index is 9.43. The number of aliphatic hydroxyl groups excluding tert-OH is 1. The SMILES string of the molecule is COCCOCC(O)CNCC(C)C. The molecule has 0 aromatic heterocycles. The fourth-order valence-corrected chi connectivity index (χ4v) is 0.959. The minimum atomic E-state index is -0.425. The molecule has 0 spiro atoms. The fraction of sp³-hybridized carbons (Fsp3) is 1.00. The first-order valence-corrected chi connectivity index (χ1v) is 5.12. The number of nitrogens with one attached hydrogen (secondary N) is 1. The molecule has 1 atom stereocenters. The lowest BCUT2D eigenvalue weighted by atomic mass is 10.2. The molecule has 0 saturated heterocycles. The Bertz CT molecular complexity index is 120. The Kier molecular flexibility index (Phi) is 9.29. The number of hydrogen-bond donors (Lipinski definition) is 2. The van der Waals surface area contributed by atoms with Crippen molar-refractivity contribution in [2.45, 2.75) is 20.0 Å². The highest BCUT2D eigenvalue weighted by Crippen LogP contribution is 1.89. The highest BCUT2D eigenvalue weighted by atomic mass is 16.5. The van der Waals surface area contributed by atoms with Crippen LogP contribution < -0.4 is 5.32 Å². The van der Waals surface area contributed by atoms with Crippen LogP contribution in [0.25, 0.3) is 0 Å². The summed E-state index contributed by atoms with van der Waals surface area (Å²) in [5.74, 6) is 0.608. The molecule has 4 nitrogen and oxygen atoms in total. The molecule has 0 aromatic rings. The summed E-state index contributed by atoms with van der Waals surface area (Å²) >= 11 is 0. The number of aliphatic hydroxyl groups is 1. The molecule has 14 heavy (non-hydrogen) atoms. The van der Waals surface area contributed by atoms with Crippen molar-refractivity contribution in [1.82, 2.24) is 5.32 Å². The van der Waals surface area contributed by atoms with E-state index < -0.39 is 6.10 Å². The Morgan fingerprint density at radius 3 is 2.50 bits per heavy atom. The van der Waals surface area contributed by atoms with Crippen LogP contribution in [0, 0.1) is 5.92 Å². The minimum Gasteiger partial charge on any atom is -0.389 e. The van der Waals surface area contributed by atoms with E-state index in [1.54, 1.807) is 7.11 Å². The summed E-state index contributed by atoms with van der Waals surface area (Å²) in [5, 5.41) is 12.6. The van der Waals surface area contributed by atoms with Gasteiger partial charge in [0.15, 0.2) is 0 Å². The second-order valence-electron chi connectivity index (χ2n) is 3.77. The smallest absolute Gasteiger partial charge is 0.0897 e. The van der Waals surface area contributed by atoms with Gasteiger partial charge in [0.1, 0.15) is 0 Å². The molecule has 2 N–H and O–H groups in total. The maximum atomic E-state index is 9.43. The zero-order chi connectivity index (χ0) is 10.8. The lowest BCUT2D eigenvalue weighted by Gasteiger charge is -2.13. The summed E-state index contributed by atoms with van der Waals surface area (Å²) in [6, 6.07) is 0. The Morgan fingerprint density at radius 1 is 1.21 bits per heavy atom. The second-order valence-corrected chi connectivity index (χ2v) is 3.77. The molecule has 86 valence electrons. The summed E-state index contributed by atoms with van der Waals surface area (Å²) in [6.07, 6.45) is -0.425. The van der Waals surface area contributed by atoms with E-state index in [-0.39, 0.29) is 0 Å². The van der Waals surface area contributed by atoms with Crippen molar-refractivity contribution in [3.63, 3.8) is 0 Å². The third-order valence-electron chi connectivity index (χ3n) is 1.67. The number of hydrogen-bond acceptors (Lipinski definition) is 4. The molecule has 0 heterocycles. The van der Waals surface area contributed by atoms with Crippen LogP contribution >= 0.6 is 0 Å². The maximum Gasteiger partial charge on any atom is 0.0897 e. The van der Waals surface area contributed by atoms with Gasteiger partial charge in [-0.3, -0.25) is 0 Å². The van der Waals surface area contributed by atoms with E-state index in [4.69, 9.17) is 9.47 Å². The van der Waals surface area contributed by atoms with Crippen molar-refractivity contribution < 1.29 is 14.6 Å². The number of methoxy groups -OCH3 is 1. The van der Waals surface area contributed by atoms with E-state index in [2.05, 4.69) is 19.2 Å². The van der Waals surface area contributed by atoms with Crippen molar-refractivity contribution in [2.75, 3.05) is 40.0 Å². The molecule has 0 bridgehead atoms. The molecule has 0 rings (SSSR count). The van der Waals surface area contributed by atoms with Gasteiger partial charge in [-0.15, -0.1) is 0 Å². The molecule has 0 saturated carbocycles. The topological polar surface area (TPSA) is 50.7 Å². The molecule has 0 radical (unpaired) electrons. The summed E-state index contributed by atoms with van der Waals surface area (Å²) in [6.45, 7) is 7.27. The number of ether oxygens (including phenoxy) is 2. The zero-order valence-corrected chi connectivity index (χ0v) is 9.45. The van der Waals surface area contributed by atoms with Crippen molar-refractivity contribution in [1.29, 1.82) is 0 Å². The molecular weight excluding hydrogens is 182 g/mol. The first kappa shape index (κ1) is 13.8. The van der Waals surface area contributed by atoms with Crippen molar-refractivity contribution in [3.8, 4) is 0 Å². The quantitative estimate of drug-likeness (QED) is 0.530. The molecule has 0 fully saturated rings. The molecule has 4 heteroatoms. The molecule has 0 aliphatic carbocycles. The van der Waals surface area contributed by atoms with Crippen LogP contribution in [-0.4, -0.2) is 51.2 Å². The standard InChI is InChI=1S/C10H23NO3/c1-9(2)6-11-7-10(12)8-14-5-4-13-3/h9-12H,4-8H2,1-3H3. The lowest BCUT2D eigenvalue weighted by Crippen LogP contribution is -2.32. The Morgan fingerprint density at radius 2 is 1.93 bits per heavy atom. The van der Waals surface area contributed by atoms with Gasteiger partial charge in [-0.05, 0) is 12.5 Å². The average molecular weight is 205 g/mol. The van der Waals surface area contributed by atoms with E-state index in [9.17, 15) is 5.11 Å². The van der Waals surface area contributed by atoms with E-state index in [0.717, 1.165) is 6.54 Å². The summed E-state index contributed by atoms with van der Waals surface area (Å²) in [5.41, 5.74) is 0. The van der Waals surface area contributed by atoms with E-state index in [1.165, 1.54) is 0 Å². The van der Waals surface area contributed by atoms with Gasteiger partial charge in [0.05, 0.1) is 25.9 Å². The third kappa shape index (κ3) is 9.92. The summed E-state index contributed by atoms with van der Waals surface area (Å²) in [4.78, 5) is 0. The second kappa shape index (κ2) is 9.40. The molecule has 1 unspecified atom stereocenters. The van der Waals surface area contributed by atoms with Gasteiger partial charge in [0.2, 0.25) is 0 Å². The van der Waals surface area contributed by atoms with Gasteiger partial charge < -0.3 is 19.9 Å². The highest BCUT2D eigenvalue weighted by molar-refractivity contribution is 4.59. The predicted octanol–water partition coefficient (Wildman–Crippen LogP) is 0.256. The molecule has 0 aliphatic heterocycles. The molecule has 0 aliphatic rings. The lowest BCUT2D eigenvalue weighted by molar-refractivity contribution is 0.0137. The normalized spacial score (nSPS) is 13.5. The van der Waals surface area contributed by atoms with Crippen LogP contribution in [0.5, 0.6) is 0 Å². The van der Waals surface area contributed by atoms with Gasteiger partial charge in [0, 0.05) is 13.7 Å². The Balaban J connectivity index is 3.15. The van der Waals surface area contributed by atoms with Crippen molar-refractivity contribution in [2.24, 2.45) is 5.92 Å². The van der Waals surface area contributed by atoms with Gasteiger partial charge in [-0.1, -0.05) is 13.8 Å². The third-order valence-corrected chi connectivity index (χ3v) is 1.67. The van der Waals surface area contributed by atoms with E-state index >= 15 is 0 Å².